The van der Waals surface area contributed by atoms with Gasteiger partial charge in [-0.05, 0) is 91.8 Å². The highest BCUT2D eigenvalue weighted by Gasteiger charge is 2.22. The number of anilines is 2. The Bertz CT molecular complexity index is 2550. The second kappa shape index (κ2) is 25.7. The van der Waals surface area contributed by atoms with E-state index in [-0.39, 0.29) is 29.8 Å². The van der Waals surface area contributed by atoms with E-state index in [4.69, 9.17) is 14.2 Å². The number of unbranched alkanes of at least 4 members (excludes halogenated alkanes) is 12. The Morgan fingerprint density at radius 1 is 0.676 bits per heavy atom. The third-order valence-electron chi connectivity index (χ3n) is 12.2. The lowest BCUT2D eigenvalue weighted by Gasteiger charge is -2.18. The Morgan fingerprint density at radius 3 is 2.04 bits per heavy atom. The topological polar surface area (TPSA) is 144 Å². The molecule has 0 saturated heterocycles. The van der Waals surface area contributed by atoms with Crippen LogP contribution in [0.1, 0.15) is 161 Å². The SMILES string of the molecule is CCCCCCCCCCCCCCCc1cccc(Oc2ccc(NCOc3ccccc3NS(=O)(=O)c3ccc(CC(C)C)cc3)cc2OCNC(C)c2nnc3cc(C(C)(C)C)[nH]n23)c1. The molecule has 0 aliphatic rings. The summed E-state index contributed by atoms with van der Waals surface area (Å²) in [6.45, 7) is 15.3. The molecule has 1 unspecified atom stereocenters. The van der Waals surface area contributed by atoms with Gasteiger partial charge in [-0.2, -0.15) is 0 Å². The van der Waals surface area contributed by atoms with Gasteiger partial charge in [-0.15, -0.1) is 10.2 Å². The van der Waals surface area contributed by atoms with Crippen LogP contribution in [0.15, 0.2) is 102 Å². The Hall–Kier alpha value is -5.53. The van der Waals surface area contributed by atoms with E-state index in [9.17, 15) is 8.42 Å². The van der Waals surface area contributed by atoms with Crippen LogP contribution in [0.25, 0.3) is 5.65 Å². The highest BCUT2D eigenvalue weighted by atomic mass is 32.2. The summed E-state index contributed by atoms with van der Waals surface area (Å²) in [5, 5.41) is 19.0. The smallest absolute Gasteiger partial charge is 0.262 e. The maximum Gasteiger partial charge on any atom is 0.262 e. The highest BCUT2D eigenvalue weighted by molar-refractivity contribution is 7.92. The van der Waals surface area contributed by atoms with Crippen molar-refractivity contribution in [3.05, 3.63) is 120 Å². The van der Waals surface area contributed by atoms with Gasteiger partial charge in [0.15, 0.2) is 29.7 Å². The molecule has 13 heteroatoms. The Labute approximate surface area is 406 Å². The second-order valence-electron chi connectivity index (χ2n) is 19.6. The number of aromatic amines is 1. The maximum absolute atomic E-state index is 13.4. The molecule has 68 heavy (non-hydrogen) atoms. The summed E-state index contributed by atoms with van der Waals surface area (Å²) in [6, 6.07) is 29.8. The van der Waals surface area contributed by atoms with Gasteiger partial charge < -0.3 is 19.5 Å². The van der Waals surface area contributed by atoms with E-state index in [0.29, 0.717) is 28.9 Å². The Morgan fingerprint density at radius 2 is 1.35 bits per heavy atom. The lowest BCUT2D eigenvalue weighted by atomic mass is 9.93. The van der Waals surface area contributed by atoms with E-state index >= 15 is 0 Å². The minimum atomic E-state index is -3.85. The van der Waals surface area contributed by atoms with Crippen LogP contribution in [0.3, 0.4) is 0 Å². The molecule has 0 aliphatic heterocycles. The predicted molar refractivity (Wildman–Crippen MR) is 277 cm³/mol. The zero-order valence-corrected chi connectivity index (χ0v) is 42.5. The summed E-state index contributed by atoms with van der Waals surface area (Å²) >= 11 is 0. The number of fused-ring (bicyclic) bond motifs is 1. The number of hydrogen-bond acceptors (Lipinski definition) is 9. The summed E-state index contributed by atoms with van der Waals surface area (Å²) in [7, 11) is -3.85. The summed E-state index contributed by atoms with van der Waals surface area (Å²) < 4.78 is 50.5. The lowest BCUT2D eigenvalue weighted by molar-refractivity contribution is 0.255. The molecule has 2 aromatic heterocycles. The number of nitrogens with one attached hydrogen (secondary N) is 4. The number of aryl methyl sites for hydroxylation is 1. The molecule has 0 radical (unpaired) electrons. The summed E-state index contributed by atoms with van der Waals surface area (Å²) in [6.07, 6.45) is 19.3. The molecule has 4 N–H and O–H groups in total. The van der Waals surface area contributed by atoms with Gasteiger partial charge in [0.05, 0.1) is 16.6 Å². The quantitative estimate of drug-likeness (QED) is 0.0256. The zero-order chi connectivity index (χ0) is 48.4. The summed E-state index contributed by atoms with van der Waals surface area (Å²) in [4.78, 5) is 0.187. The van der Waals surface area contributed by atoms with Crippen molar-refractivity contribution in [3.8, 4) is 23.0 Å². The Balaban J connectivity index is 1.07. The fraction of sp³-hybridized carbons (Fsp3) is 0.491. The first kappa shape index (κ1) is 51.9. The van der Waals surface area contributed by atoms with Gasteiger partial charge in [-0.1, -0.05) is 155 Å². The fourth-order valence-corrected chi connectivity index (χ4v) is 9.28. The standard InChI is InChI=1S/C55H77N7O5S/c1-8-9-10-11-12-13-14-15-16-17-18-19-20-24-43-25-23-26-46(36-43)67-50-34-31-45(37-51(50)66-39-56-42(4)54-59-58-53-38-52(55(5,6)7)60-62(53)54)57-40-65-49-28-22-21-27-48(49)61-68(63,64)47-32-29-44(30-33-47)35-41(2)3/h21-23,25-34,36-38,41-42,56-57,60-61H,8-20,24,35,39-40H2,1-7H3. The molecule has 368 valence electrons. The van der Waals surface area contributed by atoms with Crippen molar-refractivity contribution in [2.24, 2.45) is 5.92 Å². The van der Waals surface area contributed by atoms with Crippen LogP contribution in [0, 0.1) is 5.92 Å². The number of rotatable bonds is 30. The minimum Gasteiger partial charge on any atom is -0.474 e. The van der Waals surface area contributed by atoms with Crippen LogP contribution in [0.2, 0.25) is 0 Å². The normalized spacial score (nSPS) is 12.4. The van der Waals surface area contributed by atoms with Crippen molar-refractivity contribution in [1.29, 1.82) is 0 Å². The van der Waals surface area contributed by atoms with Gasteiger partial charge in [0.1, 0.15) is 18.2 Å². The number of H-pyrrole nitrogens is 1. The van der Waals surface area contributed by atoms with Crippen LogP contribution in [-0.4, -0.2) is 41.7 Å². The monoisotopic (exact) mass is 948 g/mol. The second-order valence-corrected chi connectivity index (χ2v) is 21.3. The molecule has 6 aromatic rings. The number of para-hydroxylation sites is 2. The van der Waals surface area contributed by atoms with E-state index in [1.165, 1.54) is 82.6 Å². The van der Waals surface area contributed by atoms with Crippen LogP contribution < -0.4 is 29.6 Å². The Kier molecular flexibility index (Phi) is 19.6. The van der Waals surface area contributed by atoms with E-state index in [1.807, 2.05) is 53.9 Å². The van der Waals surface area contributed by atoms with E-state index < -0.39 is 10.0 Å². The zero-order valence-electron chi connectivity index (χ0n) is 41.7. The van der Waals surface area contributed by atoms with Gasteiger partial charge in [0, 0.05) is 28.9 Å². The number of sulfonamides is 1. The first-order valence-electron chi connectivity index (χ1n) is 25.1. The molecule has 1 atom stereocenters. The molecule has 0 fully saturated rings. The van der Waals surface area contributed by atoms with Crippen molar-refractivity contribution in [2.45, 2.75) is 161 Å². The number of hydrogen-bond donors (Lipinski definition) is 4. The lowest BCUT2D eigenvalue weighted by Crippen LogP contribution is -2.25. The third kappa shape index (κ3) is 16.0. The van der Waals surface area contributed by atoms with Crippen molar-refractivity contribution in [2.75, 3.05) is 23.5 Å². The van der Waals surface area contributed by atoms with Crippen molar-refractivity contribution >= 4 is 27.0 Å². The molecule has 0 aliphatic carbocycles. The van der Waals surface area contributed by atoms with E-state index in [0.717, 1.165) is 53.4 Å². The van der Waals surface area contributed by atoms with Gasteiger partial charge in [0.25, 0.3) is 10.0 Å². The van der Waals surface area contributed by atoms with Gasteiger partial charge >= 0.3 is 0 Å². The van der Waals surface area contributed by atoms with Crippen LogP contribution in [0.5, 0.6) is 23.0 Å². The predicted octanol–water partition coefficient (Wildman–Crippen LogP) is 13.9. The van der Waals surface area contributed by atoms with Crippen LogP contribution >= 0.6 is 0 Å². The number of benzene rings is 4. The molecule has 6 rings (SSSR count). The van der Waals surface area contributed by atoms with E-state index in [1.54, 1.807) is 36.4 Å². The first-order valence-corrected chi connectivity index (χ1v) is 26.6. The van der Waals surface area contributed by atoms with Crippen molar-refractivity contribution < 1.29 is 22.6 Å². The largest absolute Gasteiger partial charge is 0.474 e. The first-order chi connectivity index (χ1) is 32.8. The minimum absolute atomic E-state index is 0.0500. The van der Waals surface area contributed by atoms with Gasteiger partial charge in [0.2, 0.25) is 0 Å². The summed E-state index contributed by atoms with van der Waals surface area (Å²) in [5.74, 6) is 3.42. The molecule has 0 saturated carbocycles. The molecule has 12 nitrogen and oxygen atoms in total. The fourth-order valence-electron chi connectivity index (χ4n) is 8.21. The highest BCUT2D eigenvalue weighted by Crippen LogP contribution is 2.35. The average molecular weight is 948 g/mol. The third-order valence-corrected chi connectivity index (χ3v) is 13.6. The maximum atomic E-state index is 13.4. The number of nitrogens with zero attached hydrogens (tertiary/aromatic N) is 3. The average Bonchev–Trinajstić information content (AvgIpc) is 3.92. The molecule has 2 heterocycles. The van der Waals surface area contributed by atoms with Gasteiger partial charge in [-0.25, -0.2) is 12.9 Å². The number of ether oxygens (including phenoxy) is 3. The molecule has 0 amide bonds. The molecule has 0 spiro atoms. The van der Waals surface area contributed by atoms with E-state index in [2.05, 4.69) is 90.4 Å². The van der Waals surface area contributed by atoms with Crippen molar-refractivity contribution in [1.82, 2.24) is 25.1 Å². The molecular weight excluding hydrogens is 871 g/mol. The number of aromatic nitrogens is 4. The molecular formula is C55H77N7O5S. The van der Waals surface area contributed by atoms with Crippen molar-refractivity contribution in [3.63, 3.8) is 0 Å². The molecule has 4 aromatic carbocycles. The van der Waals surface area contributed by atoms with Crippen LogP contribution in [-0.2, 0) is 28.3 Å². The van der Waals surface area contributed by atoms with Gasteiger partial charge in [-0.3, -0.25) is 15.1 Å². The van der Waals surface area contributed by atoms with Crippen LogP contribution in [0.4, 0.5) is 11.4 Å². The summed E-state index contributed by atoms with van der Waals surface area (Å²) in [5.41, 5.74) is 5.17. The molecule has 0 bridgehead atoms.